The van der Waals surface area contributed by atoms with Gasteiger partial charge in [-0.15, -0.1) is 0 Å². The molecule has 0 bridgehead atoms. The molecule has 5 nitrogen and oxygen atoms in total. The normalized spacial score (nSPS) is 19.4. The van der Waals surface area contributed by atoms with Gasteiger partial charge in [-0.05, 0) is 62.4 Å². The number of aromatic nitrogens is 1. The van der Waals surface area contributed by atoms with Crippen molar-refractivity contribution in [3.05, 3.63) is 22.6 Å². The molecular formula is C18H25BrFN3O2. The van der Waals surface area contributed by atoms with E-state index in [2.05, 4.69) is 27.8 Å². The van der Waals surface area contributed by atoms with Gasteiger partial charge in [0, 0.05) is 31.9 Å². The van der Waals surface area contributed by atoms with E-state index in [9.17, 15) is 9.18 Å². The first-order chi connectivity index (χ1) is 11.6. The lowest BCUT2D eigenvalue weighted by Gasteiger charge is -2.54. The molecule has 7 heteroatoms. The molecule has 0 unspecified atom stereocenters. The number of nitrogens with zero attached hydrogens (tertiary/aromatic N) is 3. The highest BCUT2D eigenvalue weighted by atomic mass is 79.9. The number of carbonyl (C=O) groups is 1. The summed E-state index contributed by atoms with van der Waals surface area (Å²) in [6.45, 7) is 9.66. The molecule has 25 heavy (non-hydrogen) atoms. The van der Waals surface area contributed by atoms with Crippen molar-refractivity contribution >= 4 is 27.8 Å². The first-order valence-electron chi connectivity index (χ1n) is 8.64. The van der Waals surface area contributed by atoms with Crippen LogP contribution >= 0.6 is 15.9 Å². The molecular weight excluding hydrogens is 389 g/mol. The number of hydrogen-bond acceptors (Lipinski definition) is 4. The maximum atomic E-state index is 13.7. The number of anilines is 1. The Morgan fingerprint density at radius 1 is 1.48 bits per heavy atom. The molecule has 1 aliphatic heterocycles. The molecule has 138 valence electrons. The molecule has 2 aliphatic rings. The molecule has 3 rings (SSSR count). The molecule has 0 radical (unpaired) electrons. The van der Waals surface area contributed by atoms with Crippen LogP contribution in [0.5, 0.6) is 0 Å². The zero-order valence-electron chi connectivity index (χ0n) is 15.2. The topological polar surface area (TPSA) is 45.7 Å². The smallest absolute Gasteiger partial charge is 0.410 e. The number of halogens is 2. The fourth-order valence-electron chi connectivity index (χ4n) is 3.08. The minimum Gasteiger partial charge on any atom is -0.444 e. The van der Waals surface area contributed by atoms with E-state index >= 15 is 0 Å². The van der Waals surface area contributed by atoms with Crippen molar-refractivity contribution in [3.8, 4) is 0 Å². The van der Waals surface area contributed by atoms with Gasteiger partial charge >= 0.3 is 6.09 Å². The molecule has 1 amide bonds. The minimum absolute atomic E-state index is 0.267. The van der Waals surface area contributed by atoms with E-state index in [1.165, 1.54) is 25.1 Å². The average Bonchev–Trinajstić information content (AvgIpc) is 3.26. The van der Waals surface area contributed by atoms with E-state index in [4.69, 9.17) is 4.74 Å². The Kier molecular flexibility index (Phi) is 4.73. The summed E-state index contributed by atoms with van der Waals surface area (Å²) in [5.74, 6) is 0.830. The standard InChI is InChI=1S/C18H25BrFN3O2/c1-17(2,3)25-16(24)23(9-12-5-6-12)18(4)10-22(11-18)15-7-14(20)13(19)8-21-15/h7-8,12H,5-6,9-11H2,1-4H3. The second kappa shape index (κ2) is 6.41. The van der Waals surface area contributed by atoms with Crippen LogP contribution in [0, 0.1) is 11.7 Å². The van der Waals surface area contributed by atoms with Crippen LogP contribution in [-0.2, 0) is 4.74 Å². The zero-order chi connectivity index (χ0) is 18.4. The molecule has 0 aromatic carbocycles. The van der Waals surface area contributed by atoms with Crippen LogP contribution in [0.3, 0.4) is 0 Å². The predicted octanol–water partition coefficient (Wildman–Crippen LogP) is 4.21. The van der Waals surface area contributed by atoms with Gasteiger partial charge in [-0.25, -0.2) is 14.2 Å². The molecule has 0 N–H and O–H groups in total. The fraction of sp³-hybridized carbons (Fsp3) is 0.667. The lowest BCUT2D eigenvalue weighted by molar-refractivity contribution is -0.00829. The monoisotopic (exact) mass is 413 g/mol. The van der Waals surface area contributed by atoms with Crippen molar-refractivity contribution in [2.45, 2.75) is 51.7 Å². The van der Waals surface area contributed by atoms with Crippen molar-refractivity contribution < 1.29 is 13.9 Å². The van der Waals surface area contributed by atoms with E-state index in [-0.39, 0.29) is 17.4 Å². The van der Waals surface area contributed by atoms with Crippen LogP contribution in [0.1, 0.15) is 40.5 Å². The van der Waals surface area contributed by atoms with Gasteiger partial charge < -0.3 is 9.64 Å². The molecule has 0 atom stereocenters. The van der Waals surface area contributed by atoms with Crippen molar-refractivity contribution in [1.82, 2.24) is 9.88 Å². The Bertz CT molecular complexity index is 667. The lowest BCUT2D eigenvalue weighted by Crippen LogP contribution is -2.70. The van der Waals surface area contributed by atoms with E-state index < -0.39 is 5.60 Å². The van der Waals surface area contributed by atoms with Gasteiger partial charge in [-0.2, -0.15) is 0 Å². The summed E-state index contributed by atoms with van der Waals surface area (Å²) in [5, 5.41) is 0. The van der Waals surface area contributed by atoms with Crippen LogP contribution in [0.25, 0.3) is 0 Å². The summed E-state index contributed by atoms with van der Waals surface area (Å²) in [6, 6.07) is 1.42. The predicted molar refractivity (Wildman–Crippen MR) is 98.2 cm³/mol. The van der Waals surface area contributed by atoms with Gasteiger partial charge in [-0.1, -0.05) is 0 Å². The Morgan fingerprint density at radius 2 is 2.12 bits per heavy atom. The van der Waals surface area contributed by atoms with Crippen LogP contribution in [0.15, 0.2) is 16.7 Å². The largest absolute Gasteiger partial charge is 0.444 e. The fourth-order valence-corrected chi connectivity index (χ4v) is 3.29. The summed E-state index contributed by atoms with van der Waals surface area (Å²) in [6.07, 6.45) is 3.53. The molecule has 0 spiro atoms. The highest BCUT2D eigenvalue weighted by molar-refractivity contribution is 9.10. The van der Waals surface area contributed by atoms with E-state index in [1.807, 2.05) is 30.6 Å². The first kappa shape index (κ1) is 18.4. The summed E-state index contributed by atoms with van der Waals surface area (Å²) >= 11 is 3.12. The van der Waals surface area contributed by atoms with Crippen molar-refractivity contribution in [1.29, 1.82) is 0 Å². The minimum atomic E-state index is -0.519. The van der Waals surface area contributed by atoms with Crippen molar-refractivity contribution in [2.24, 2.45) is 5.92 Å². The zero-order valence-corrected chi connectivity index (χ0v) is 16.8. The second-order valence-electron chi connectivity index (χ2n) is 8.34. The Morgan fingerprint density at radius 3 is 2.64 bits per heavy atom. The van der Waals surface area contributed by atoms with Crippen LogP contribution < -0.4 is 4.90 Å². The average molecular weight is 414 g/mol. The molecule has 1 aromatic heterocycles. The van der Waals surface area contributed by atoms with Gasteiger partial charge in [0.05, 0.1) is 10.0 Å². The van der Waals surface area contributed by atoms with Crippen molar-refractivity contribution in [2.75, 3.05) is 24.5 Å². The third-order valence-corrected chi connectivity index (χ3v) is 5.17. The molecule has 1 saturated carbocycles. The quantitative estimate of drug-likeness (QED) is 0.741. The van der Waals surface area contributed by atoms with E-state index in [0.29, 0.717) is 29.3 Å². The van der Waals surface area contributed by atoms with Gasteiger partial charge in [0.25, 0.3) is 0 Å². The summed E-state index contributed by atoms with van der Waals surface area (Å²) in [7, 11) is 0. The highest BCUT2D eigenvalue weighted by Gasteiger charge is 2.49. The van der Waals surface area contributed by atoms with Crippen LogP contribution in [0.2, 0.25) is 0 Å². The maximum Gasteiger partial charge on any atom is 0.410 e. The number of hydrogen-bond donors (Lipinski definition) is 0. The van der Waals surface area contributed by atoms with E-state index in [1.54, 1.807) is 0 Å². The van der Waals surface area contributed by atoms with Gasteiger partial charge in [0.15, 0.2) is 0 Å². The van der Waals surface area contributed by atoms with Crippen molar-refractivity contribution in [3.63, 3.8) is 0 Å². The lowest BCUT2D eigenvalue weighted by atomic mass is 9.89. The number of carbonyl (C=O) groups excluding carboxylic acids is 1. The van der Waals surface area contributed by atoms with Gasteiger partial charge in [0.2, 0.25) is 0 Å². The number of rotatable bonds is 4. The Labute approximate surface area is 156 Å². The molecule has 2 heterocycles. The van der Waals surface area contributed by atoms with Crippen LogP contribution in [0.4, 0.5) is 15.0 Å². The van der Waals surface area contributed by atoms with Crippen LogP contribution in [-0.4, -0.2) is 46.8 Å². The highest BCUT2D eigenvalue weighted by Crippen LogP contribution is 2.37. The van der Waals surface area contributed by atoms with E-state index in [0.717, 1.165) is 6.54 Å². The first-order valence-corrected chi connectivity index (χ1v) is 9.43. The maximum absolute atomic E-state index is 13.7. The second-order valence-corrected chi connectivity index (χ2v) is 9.20. The SMILES string of the molecule is CC(C)(C)OC(=O)N(CC1CC1)C1(C)CN(c2cc(F)c(Br)cn2)C1. The van der Waals surface area contributed by atoms with Gasteiger partial charge in [-0.3, -0.25) is 4.90 Å². The third kappa shape index (κ3) is 4.25. The molecule has 1 aliphatic carbocycles. The Hall–Kier alpha value is -1.37. The molecule has 2 fully saturated rings. The number of amides is 1. The molecule has 1 saturated heterocycles. The molecule has 1 aromatic rings. The Balaban J connectivity index is 1.71. The number of ether oxygens (including phenoxy) is 1. The summed E-state index contributed by atoms with van der Waals surface area (Å²) in [5.41, 5.74) is -0.842. The van der Waals surface area contributed by atoms with Gasteiger partial charge in [0.1, 0.15) is 17.2 Å². The summed E-state index contributed by atoms with van der Waals surface area (Å²) in [4.78, 5) is 20.8. The number of pyridine rings is 1. The summed E-state index contributed by atoms with van der Waals surface area (Å²) < 4.78 is 19.7. The third-order valence-electron chi connectivity index (χ3n) is 4.58.